The van der Waals surface area contributed by atoms with Gasteiger partial charge in [0.1, 0.15) is 0 Å². The minimum Gasteiger partial charge on any atom is -0.381 e. The summed E-state index contributed by atoms with van der Waals surface area (Å²) >= 11 is 0. The average molecular weight is 635 g/mol. The molecule has 45 heavy (non-hydrogen) atoms. The second kappa shape index (κ2) is 40.1. The van der Waals surface area contributed by atoms with Gasteiger partial charge in [0.2, 0.25) is 0 Å². The van der Waals surface area contributed by atoms with Crippen molar-refractivity contribution in [1.82, 2.24) is 0 Å². The zero-order valence-electron chi connectivity index (χ0n) is 32.4. The third kappa shape index (κ3) is 36.6. The van der Waals surface area contributed by atoms with Crippen molar-refractivity contribution >= 4 is 0 Å². The van der Waals surface area contributed by atoms with Crippen molar-refractivity contribution < 1.29 is 4.74 Å². The second-order valence-corrected chi connectivity index (χ2v) is 15.3. The maximum Gasteiger partial charge on any atom is 0.0494 e. The topological polar surface area (TPSA) is 9.23 Å². The zero-order valence-corrected chi connectivity index (χ0v) is 32.4. The van der Waals surface area contributed by atoms with E-state index in [0.717, 1.165) is 25.0 Å². The molecule has 0 aliphatic rings. The molecule has 0 saturated carbocycles. The largest absolute Gasteiger partial charge is 0.381 e. The van der Waals surface area contributed by atoms with Crippen LogP contribution in [0.25, 0.3) is 0 Å². The first-order chi connectivity index (χ1) is 22.3. The monoisotopic (exact) mass is 635 g/mol. The summed E-state index contributed by atoms with van der Waals surface area (Å²) in [5.74, 6) is 1.61. The first-order valence-corrected chi connectivity index (χ1v) is 21.9. The van der Waals surface area contributed by atoms with Gasteiger partial charge in [-0.15, -0.1) is 0 Å². The molecule has 0 aromatic heterocycles. The summed E-state index contributed by atoms with van der Waals surface area (Å²) in [4.78, 5) is 0. The van der Waals surface area contributed by atoms with Gasteiger partial charge in [0.05, 0.1) is 0 Å². The maximum atomic E-state index is 6.64. The van der Waals surface area contributed by atoms with Gasteiger partial charge < -0.3 is 4.74 Å². The van der Waals surface area contributed by atoms with E-state index in [-0.39, 0.29) is 0 Å². The van der Waals surface area contributed by atoms with E-state index in [0.29, 0.717) is 0 Å². The van der Waals surface area contributed by atoms with Gasteiger partial charge in [-0.05, 0) is 37.5 Å². The van der Waals surface area contributed by atoms with Gasteiger partial charge in [0, 0.05) is 13.2 Å². The molecular formula is C44H90O. The molecule has 1 nitrogen and oxygen atoms in total. The molecule has 0 amide bonds. The number of hydrogen-bond acceptors (Lipinski definition) is 1. The summed E-state index contributed by atoms with van der Waals surface area (Å²) in [5, 5.41) is 0. The Kier molecular flexibility index (Phi) is 40.1. The highest BCUT2D eigenvalue weighted by Gasteiger charge is 2.13. The van der Waals surface area contributed by atoms with Crippen molar-refractivity contribution in [1.29, 1.82) is 0 Å². The molecule has 0 aromatic carbocycles. The molecule has 0 fully saturated rings. The summed E-state index contributed by atoms with van der Waals surface area (Å²) in [6.45, 7) is 11.4. The Morgan fingerprint density at radius 3 is 0.622 bits per heavy atom. The van der Waals surface area contributed by atoms with Gasteiger partial charge in [-0.3, -0.25) is 0 Å². The van der Waals surface area contributed by atoms with Crippen LogP contribution in [0.1, 0.15) is 259 Å². The highest BCUT2D eigenvalue weighted by molar-refractivity contribution is 4.64. The minimum atomic E-state index is 0.803. The highest BCUT2D eigenvalue weighted by Crippen LogP contribution is 2.23. The summed E-state index contributed by atoms with van der Waals surface area (Å²) in [7, 11) is 0. The standard InChI is InChI=1S/C44H90O/c1-5-9-13-17-21-23-27-31-35-39-43(37-33-29-25-19-15-11-7-3)41-45-42-44(38-34-30-26-20-16-12-8-4)40-36-32-28-24-22-18-14-10-6-2/h43-44H,5-42H2,1-4H3. The molecule has 2 atom stereocenters. The van der Waals surface area contributed by atoms with Gasteiger partial charge in [-0.1, -0.05) is 233 Å². The predicted molar refractivity (Wildman–Crippen MR) is 207 cm³/mol. The van der Waals surface area contributed by atoms with E-state index in [9.17, 15) is 0 Å². The molecule has 272 valence electrons. The molecule has 0 N–H and O–H groups in total. The maximum absolute atomic E-state index is 6.64. The third-order valence-electron chi connectivity index (χ3n) is 10.6. The molecule has 2 unspecified atom stereocenters. The van der Waals surface area contributed by atoms with Gasteiger partial charge in [0.15, 0.2) is 0 Å². The summed E-state index contributed by atoms with van der Waals surface area (Å²) in [5.41, 5.74) is 0. The number of ether oxygens (including phenoxy) is 1. The van der Waals surface area contributed by atoms with Crippen molar-refractivity contribution in [3.8, 4) is 0 Å². The first-order valence-electron chi connectivity index (χ1n) is 21.9. The van der Waals surface area contributed by atoms with E-state index >= 15 is 0 Å². The van der Waals surface area contributed by atoms with Crippen LogP contribution in [0, 0.1) is 11.8 Å². The summed E-state index contributed by atoms with van der Waals surface area (Å²) in [6, 6.07) is 0. The van der Waals surface area contributed by atoms with Crippen LogP contribution in [0.5, 0.6) is 0 Å². The van der Waals surface area contributed by atoms with E-state index in [2.05, 4.69) is 27.7 Å². The zero-order chi connectivity index (χ0) is 32.7. The van der Waals surface area contributed by atoms with Gasteiger partial charge in [-0.25, -0.2) is 0 Å². The van der Waals surface area contributed by atoms with E-state index in [1.165, 1.54) is 231 Å². The molecule has 0 radical (unpaired) electrons. The molecule has 0 saturated heterocycles. The van der Waals surface area contributed by atoms with Crippen LogP contribution >= 0.6 is 0 Å². The van der Waals surface area contributed by atoms with E-state index in [4.69, 9.17) is 4.74 Å². The predicted octanol–water partition coefficient (Wildman–Crippen LogP) is 16.4. The van der Waals surface area contributed by atoms with Crippen LogP contribution in [-0.2, 0) is 4.74 Å². The molecule has 0 heterocycles. The Balaban J connectivity index is 4.53. The lowest BCUT2D eigenvalue weighted by molar-refractivity contribution is 0.0587. The van der Waals surface area contributed by atoms with Crippen LogP contribution in [0.2, 0.25) is 0 Å². The Labute approximate surface area is 288 Å². The number of hydrogen-bond donors (Lipinski definition) is 0. The van der Waals surface area contributed by atoms with Gasteiger partial charge in [-0.2, -0.15) is 0 Å². The summed E-state index contributed by atoms with van der Waals surface area (Å²) < 4.78 is 6.64. The van der Waals surface area contributed by atoms with Crippen molar-refractivity contribution in [3.63, 3.8) is 0 Å². The Hall–Kier alpha value is -0.0400. The number of unbranched alkanes of at least 4 members (excludes halogenated alkanes) is 28. The third-order valence-corrected chi connectivity index (χ3v) is 10.6. The van der Waals surface area contributed by atoms with E-state index < -0.39 is 0 Å². The Morgan fingerprint density at radius 1 is 0.244 bits per heavy atom. The van der Waals surface area contributed by atoms with E-state index in [1.54, 1.807) is 0 Å². The van der Waals surface area contributed by atoms with Crippen LogP contribution in [0.4, 0.5) is 0 Å². The lowest BCUT2D eigenvalue weighted by Gasteiger charge is -2.21. The lowest BCUT2D eigenvalue weighted by Crippen LogP contribution is -2.16. The van der Waals surface area contributed by atoms with Crippen LogP contribution in [-0.4, -0.2) is 13.2 Å². The molecular weight excluding hydrogens is 544 g/mol. The molecule has 0 rings (SSSR count). The van der Waals surface area contributed by atoms with Crippen LogP contribution < -0.4 is 0 Å². The Bertz CT molecular complexity index is 457. The molecule has 0 aromatic rings. The fourth-order valence-electron chi connectivity index (χ4n) is 7.29. The minimum absolute atomic E-state index is 0.803. The quantitative estimate of drug-likeness (QED) is 0.0609. The SMILES string of the molecule is CCCCCCCCCCCC(CCCCCCCCC)COCC(CCCCCCCCC)CCCCCCCCCCC. The van der Waals surface area contributed by atoms with Crippen molar-refractivity contribution in [2.75, 3.05) is 13.2 Å². The highest BCUT2D eigenvalue weighted by atomic mass is 16.5. The first kappa shape index (κ1) is 45.0. The lowest BCUT2D eigenvalue weighted by atomic mass is 9.93. The van der Waals surface area contributed by atoms with Gasteiger partial charge >= 0.3 is 0 Å². The number of rotatable bonds is 40. The Morgan fingerprint density at radius 2 is 0.422 bits per heavy atom. The van der Waals surface area contributed by atoms with Crippen LogP contribution in [0.3, 0.4) is 0 Å². The molecule has 0 spiro atoms. The smallest absolute Gasteiger partial charge is 0.0494 e. The van der Waals surface area contributed by atoms with Crippen molar-refractivity contribution in [2.24, 2.45) is 11.8 Å². The van der Waals surface area contributed by atoms with Crippen LogP contribution in [0.15, 0.2) is 0 Å². The van der Waals surface area contributed by atoms with Crippen molar-refractivity contribution in [2.45, 2.75) is 259 Å². The summed E-state index contributed by atoms with van der Waals surface area (Å²) in [6.07, 6.45) is 51.5. The van der Waals surface area contributed by atoms with Gasteiger partial charge in [0.25, 0.3) is 0 Å². The second-order valence-electron chi connectivity index (χ2n) is 15.3. The fraction of sp³-hybridized carbons (Fsp3) is 1.00. The fourth-order valence-corrected chi connectivity index (χ4v) is 7.29. The van der Waals surface area contributed by atoms with E-state index in [1.807, 2.05) is 0 Å². The van der Waals surface area contributed by atoms with Crippen molar-refractivity contribution in [3.05, 3.63) is 0 Å². The molecule has 0 bridgehead atoms. The normalized spacial score (nSPS) is 13.1. The molecule has 0 aliphatic heterocycles. The average Bonchev–Trinajstić information content (AvgIpc) is 3.05. The molecule has 0 aliphatic carbocycles. The molecule has 1 heteroatoms.